The summed E-state index contributed by atoms with van der Waals surface area (Å²) in [6.45, 7) is 0. The molecule has 19 heavy (non-hydrogen) atoms. The number of rotatable bonds is 5. The second kappa shape index (κ2) is 6.28. The van der Waals surface area contributed by atoms with E-state index in [9.17, 15) is 18.8 Å². The molecule has 0 heterocycles. The van der Waals surface area contributed by atoms with E-state index in [1.165, 1.54) is 12.1 Å². The van der Waals surface area contributed by atoms with Crippen LogP contribution in [-0.4, -0.2) is 34.1 Å². The fourth-order valence-corrected chi connectivity index (χ4v) is 1.84. The van der Waals surface area contributed by atoms with Crippen LogP contribution in [0.15, 0.2) is 22.7 Å². The SMILES string of the molecule is O=C(O)CC(NC(=O)c1c(F)cccc1Br)C(=O)O. The van der Waals surface area contributed by atoms with Crippen molar-refractivity contribution >= 4 is 33.8 Å². The Bertz CT molecular complexity index is 514. The zero-order valence-electron chi connectivity index (χ0n) is 9.39. The molecule has 102 valence electrons. The molecule has 0 aliphatic rings. The van der Waals surface area contributed by atoms with Crippen molar-refractivity contribution in [3.8, 4) is 0 Å². The lowest BCUT2D eigenvalue weighted by atomic mass is 10.1. The molecule has 0 aliphatic carbocycles. The van der Waals surface area contributed by atoms with Gasteiger partial charge in [-0.3, -0.25) is 9.59 Å². The Labute approximate surface area is 115 Å². The summed E-state index contributed by atoms with van der Waals surface area (Å²) in [5.41, 5.74) is -0.376. The Kier molecular flexibility index (Phi) is 4.99. The second-order valence-corrected chi connectivity index (χ2v) is 4.41. The highest BCUT2D eigenvalue weighted by molar-refractivity contribution is 9.10. The second-order valence-electron chi connectivity index (χ2n) is 3.56. The van der Waals surface area contributed by atoms with Gasteiger partial charge in [-0.2, -0.15) is 0 Å². The molecule has 0 saturated heterocycles. The number of nitrogens with one attached hydrogen (secondary N) is 1. The number of aliphatic carboxylic acids is 2. The third-order valence-electron chi connectivity index (χ3n) is 2.17. The van der Waals surface area contributed by atoms with Gasteiger partial charge in [0, 0.05) is 4.47 Å². The van der Waals surface area contributed by atoms with Crippen molar-refractivity contribution in [2.45, 2.75) is 12.5 Å². The molecule has 3 N–H and O–H groups in total. The van der Waals surface area contributed by atoms with E-state index in [4.69, 9.17) is 10.2 Å². The van der Waals surface area contributed by atoms with Crippen molar-refractivity contribution in [3.63, 3.8) is 0 Å². The van der Waals surface area contributed by atoms with Crippen molar-refractivity contribution in [1.82, 2.24) is 5.32 Å². The topological polar surface area (TPSA) is 104 Å². The van der Waals surface area contributed by atoms with Gasteiger partial charge in [0.2, 0.25) is 0 Å². The number of hydrogen-bond donors (Lipinski definition) is 3. The Balaban J connectivity index is 2.94. The highest BCUT2D eigenvalue weighted by Crippen LogP contribution is 2.19. The predicted octanol–water partition coefficient (Wildman–Crippen LogP) is 1.25. The van der Waals surface area contributed by atoms with Crippen LogP contribution in [0.3, 0.4) is 0 Å². The minimum Gasteiger partial charge on any atom is -0.481 e. The van der Waals surface area contributed by atoms with Crippen molar-refractivity contribution < 1.29 is 29.0 Å². The van der Waals surface area contributed by atoms with Crippen LogP contribution in [0.4, 0.5) is 4.39 Å². The minimum atomic E-state index is -1.63. The van der Waals surface area contributed by atoms with E-state index in [0.29, 0.717) is 0 Å². The number of carboxylic acids is 2. The van der Waals surface area contributed by atoms with Gasteiger partial charge in [-0.1, -0.05) is 6.07 Å². The van der Waals surface area contributed by atoms with E-state index in [0.717, 1.165) is 6.07 Å². The Morgan fingerprint density at radius 2 is 1.95 bits per heavy atom. The van der Waals surface area contributed by atoms with E-state index >= 15 is 0 Å². The molecule has 1 aromatic rings. The summed E-state index contributed by atoms with van der Waals surface area (Å²) in [7, 11) is 0. The third-order valence-corrected chi connectivity index (χ3v) is 2.83. The lowest BCUT2D eigenvalue weighted by Crippen LogP contribution is -2.42. The van der Waals surface area contributed by atoms with E-state index in [1.807, 2.05) is 5.32 Å². The quantitative estimate of drug-likeness (QED) is 0.752. The molecule has 1 aromatic carbocycles. The number of hydrogen-bond acceptors (Lipinski definition) is 3. The standard InChI is InChI=1S/C11H9BrFNO5/c12-5-2-1-3-6(13)9(5)10(17)14-7(11(18)19)4-8(15)16/h1-3,7H,4H2,(H,14,17)(H,15,16)(H,18,19). The van der Waals surface area contributed by atoms with Crippen molar-refractivity contribution in [2.24, 2.45) is 0 Å². The Morgan fingerprint density at radius 1 is 1.32 bits per heavy atom. The average Bonchev–Trinajstić information content (AvgIpc) is 2.27. The Morgan fingerprint density at radius 3 is 2.42 bits per heavy atom. The molecule has 6 nitrogen and oxygen atoms in total. The molecule has 0 saturated carbocycles. The number of benzene rings is 1. The van der Waals surface area contributed by atoms with Crippen molar-refractivity contribution in [1.29, 1.82) is 0 Å². The van der Waals surface area contributed by atoms with Crippen LogP contribution in [0.25, 0.3) is 0 Å². The molecule has 0 aliphatic heterocycles. The molecule has 1 amide bonds. The molecular formula is C11H9BrFNO5. The van der Waals surface area contributed by atoms with Gasteiger partial charge in [0.25, 0.3) is 5.91 Å². The summed E-state index contributed by atoms with van der Waals surface area (Å²) in [5, 5.41) is 19.3. The highest BCUT2D eigenvalue weighted by Gasteiger charge is 2.25. The maximum Gasteiger partial charge on any atom is 0.326 e. The number of carbonyl (C=O) groups excluding carboxylic acids is 1. The fraction of sp³-hybridized carbons (Fsp3) is 0.182. The molecule has 0 bridgehead atoms. The van der Waals surface area contributed by atoms with Crippen molar-refractivity contribution in [3.05, 3.63) is 34.1 Å². The monoisotopic (exact) mass is 333 g/mol. The van der Waals surface area contributed by atoms with Crippen LogP contribution < -0.4 is 5.32 Å². The first-order valence-corrected chi connectivity index (χ1v) is 5.81. The summed E-state index contributed by atoms with van der Waals surface area (Å²) in [4.78, 5) is 33.0. The van der Waals surface area contributed by atoms with Crippen LogP contribution in [0.1, 0.15) is 16.8 Å². The van der Waals surface area contributed by atoms with Gasteiger partial charge in [0.15, 0.2) is 0 Å². The first-order valence-electron chi connectivity index (χ1n) is 5.02. The number of halogens is 2. The molecule has 1 unspecified atom stereocenters. The summed E-state index contributed by atoms with van der Waals surface area (Å²) >= 11 is 2.96. The zero-order valence-corrected chi connectivity index (χ0v) is 11.0. The molecule has 0 fully saturated rings. The van der Waals surface area contributed by atoms with E-state index < -0.39 is 36.1 Å². The first kappa shape index (κ1) is 15.1. The number of amides is 1. The van der Waals surface area contributed by atoms with E-state index in [-0.39, 0.29) is 10.0 Å². The van der Waals surface area contributed by atoms with Crippen LogP contribution >= 0.6 is 15.9 Å². The van der Waals surface area contributed by atoms with Gasteiger partial charge in [0.1, 0.15) is 11.9 Å². The summed E-state index contributed by atoms with van der Waals surface area (Å²) in [6.07, 6.45) is -0.798. The number of carboxylic acid groups (broad SMARTS) is 2. The molecule has 8 heteroatoms. The first-order chi connectivity index (χ1) is 8.82. The lowest BCUT2D eigenvalue weighted by Gasteiger charge is -2.13. The summed E-state index contributed by atoms with van der Waals surface area (Å²) < 4.78 is 13.6. The molecule has 1 rings (SSSR count). The zero-order chi connectivity index (χ0) is 14.6. The number of carbonyl (C=O) groups is 3. The largest absolute Gasteiger partial charge is 0.481 e. The maximum absolute atomic E-state index is 13.5. The van der Waals surface area contributed by atoms with Crippen LogP contribution in [0.5, 0.6) is 0 Å². The third kappa shape index (κ3) is 4.02. The van der Waals surface area contributed by atoms with Crippen molar-refractivity contribution in [2.75, 3.05) is 0 Å². The van der Waals surface area contributed by atoms with Crippen LogP contribution in [0, 0.1) is 5.82 Å². The average molecular weight is 334 g/mol. The molecule has 0 spiro atoms. The molecular weight excluding hydrogens is 325 g/mol. The lowest BCUT2D eigenvalue weighted by molar-refractivity contribution is -0.145. The highest BCUT2D eigenvalue weighted by atomic mass is 79.9. The van der Waals surface area contributed by atoms with Gasteiger partial charge < -0.3 is 15.5 Å². The Hall–Kier alpha value is -1.96. The molecule has 0 aromatic heterocycles. The minimum absolute atomic E-state index is 0.143. The van der Waals surface area contributed by atoms with Gasteiger partial charge in [0.05, 0.1) is 12.0 Å². The maximum atomic E-state index is 13.5. The van der Waals surface area contributed by atoms with Gasteiger partial charge >= 0.3 is 11.9 Å². The summed E-state index contributed by atoms with van der Waals surface area (Å²) in [5.74, 6) is -4.74. The molecule has 0 radical (unpaired) electrons. The predicted molar refractivity (Wildman–Crippen MR) is 65.2 cm³/mol. The smallest absolute Gasteiger partial charge is 0.326 e. The van der Waals surface area contributed by atoms with Crippen LogP contribution in [0.2, 0.25) is 0 Å². The van der Waals surface area contributed by atoms with Crippen LogP contribution in [-0.2, 0) is 9.59 Å². The van der Waals surface area contributed by atoms with E-state index in [1.54, 1.807) is 0 Å². The molecule has 1 atom stereocenters. The normalized spacial score (nSPS) is 11.7. The van der Waals surface area contributed by atoms with E-state index in [2.05, 4.69) is 15.9 Å². The fourth-order valence-electron chi connectivity index (χ4n) is 1.32. The van der Waals surface area contributed by atoms with Gasteiger partial charge in [-0.15, -0.1) is 0 Å². The van der Waals surface area contributed by atoms with Gasteiger partial charge in [-0.25, -0.2) is 9.18 Å². The summed E-state index contributed by atoms with van der Waals surface area (Å²) in [6, 6.07) is 2.18. The van der Waals surface area contributed by atoms with Gasteiger partial charge in [-0.05, 0) is 28.1 Å².